The van der Waals surface area contributed by atoms with Crippen LogP contribution < -0.4 is 10.2 Å². The first-order valence-corrected chi connectivity index (χ1v) is 11.5. The first kappa shape index (κ1) is 20.6. The van der Waals surface area contributed by atoms with E-state index < -0.39 is 0 Å². The molecule has 1 saturated heterocycles. The number of nitrogens with one attached hydrogen (secondary N) is 1. The highest BCUT2D eigenvalue weighted by molar-refractivity contribution is 6.40. The van der Waals surface area contributed by atoms with Gasteiger partial charge in [-0.15, -0.1) is 0 Å². The fraction of sp³-hybridized carbons (Fsp3) is 0.391. The maximum atomic E-state index is 6.35. The van der Waals surface area contributed by atoms with Gasteiger partial charge in [0.1, 0.15) is 12.1 Å². The predicted molar refractivity (Wildman–Crippen MR) is 124 cm³/mol. The van der Waals surface area contributed by atoms with Crippen LogP contribution in [-0.4, -0.2) is 39.2 Å². The molecule has 8 heteroatoms. The zero-order chi connectivity index (χ0) is 21.2. The fourth-order valence-electron chi connectivity index (χ4n) is 4.27. The zero-order valence-corrected chi connectivity index (χ0v) is 18.7. The van der Waals surface area contributed by atoms with E-state index in [1.807, 2.05) is 30.7 Å². The molecule has 31 heavy (non-hydrogen) atoms. The molecule has 0 amide bonds. The Balaban J connectivity index is 1.30. The van der Waals surface area contributed by atoms with Crippen LogP contribution in [0.15, 0.2) is 59.1 Å². The molecule has 0 bridgehead atoms. The lowest BCUT2D eigenvalue weighted by molar-refractivity contribution is 0.111. The third-order valence-electron chi connectivity index (χ3n) is 6.09. The molecule has 5 rings (SSSR count). The van der Waals surface area contributed by atoms with Crippen LogP contribution in [0.1, 0.15) is 31.7 Å². The number of allylic oxidation sites excluding steroid dienone is 4. The van der Waals surface area contributed by atoms with Crippen LogP contribution >= 0.6 is 23.2 Å². The molecular weight excluding hydrogens is 433 g/mol. The van der Waals surface area contributed by atoms with Gasteiger partial charge in [0.05, 0.1) is 22.8 Å². The highest BCUT2D eigenvalue weighted by Gasteiger charge is 2.19. The Labute approximate surface area is 191 Å². The van der Waals surface area contributed by atoms with E-state index in [0.29, 0.717) is 17.7 Å². The highest BCUT2D eigenvalue weighted by Crippen LogP contribution is 2.32. The zero-order valence-electron chi connectivity index (χ0n) is 17.2. The Hall–Kier alpha value is -2.28. The van der Waals surface area contributed by atoms with Gasteiger partial charge in [0, 0.05) is 40.7 Å². The first-order valence-electron chi connectivity index (χ1n) is 10.8. The van der Waals surface area contributed by atoms with Gasteiger partial charge in [-0.2, -0.15) is 9.83 Å². The molecule has 1 unspecified atom stereocenters. The van der Waals surface area contributed by atoms with Crippen LogP contribution in [-0.2, 0) is 0 Å². The molecule has 1 aliphatic heterocycles. The van der Waals surface area contributed by atoms with E-state index in [1.54, 1.807) is 4.73 Å². The molecule has 162 valence electrons. The van der Waals surface area contributed by atoms with Crippen molar-refractivity contribution in [2.24, 2.45) is 5.92 Å². The normalized spacial score (nSPS) is 20.0. The topological polar surface area (TPSA) is 56.9 Å². The monoisotopic (exact) mass is 457 g/mol. The number of hydrogen-bond acceptors (Lipinski definition) is 4. The van der Waals surface area contributed by atoms with Crippen molar-refractivity contribution in [1.82, 2.24) is 24.8 Å². The van der Waals surface area contributed by atoms with E-state index in [2.05, 4.69) is 38.4 Å². The summed E-state index contributed by atoms with van der Waals surface area (Å²) in [7, 11) is 0. The standard InChI is InChI=1S/C23H25Cl2N5O/c24-20-3-1-2-16(23(20)25)7-11-31-30-10-6-21-22(30)12-17(13-27-21)18-14-28-29(15-18)19-4-8-26-9-5-19/h1,3,6,10,12-16,19,26H,2,4-5,7-9,11H2. The van der Waals surface area contributed by atoms with Crippen LogP contribution in [0.5, 0.6) is 0 Å². The second-order valence-corrected chi connectivity index (χ2v) is 8.93. The Morgan fingerprint density at radius 1 is 1.16 bits per heavy atom. The van der Waals surface area contributed by atoms with Gasteiger partial charge in [-0.25, -0.2) is 0 Å². The quantitative estimate of drug-likeness (QED) is 0.571. The van der Waals surface area contributed by atoms with Crippen molar-refractivity contribution in [2.75, 3.05) is 19.7 Å². The maximum Gasteiger partial charge on any atom is 0.115 e. The number of aromatic nitrogens is 4. The van der Waals surface area contributed by atoms with Crippen molar-refractivity contribution in [1.29, 1.82) is 0 Å². The Morgan fingerprint density at radius 2 is 2.03 bits per heavy atom. The first-order chi connectivity index (χ1) is 15.2. The summed E-state index contributed by atoms with van der Waals surface area (Å²) in [4.78, 5) is 10.7. The van der Waals surface area contributed by atoms with Crippen LogP contribution in [0, 0.1) is 5.92 Å². The summed E-state index contributed by atoms with van der Waals surface area (Å²) in [6.07, 6.45) is 15.7. The molecule has 3 aromatic rings. The molecule has 1 fully saturated rings. The van der Waals surface area contributed by atoms with Crippen molar-refractivity contribution in [3.63, 3.8) is 0 Å². The molecule has 3 aromatic heterocycles. The van der Waals surface area contributed by atoms with E-state index in [0.717, 1.165) is 66.0 Å². The summed E-state index contributed by atoms with van der Waals surface area (Å²) in [6.45, 7) is 2.63. The average molecular weight is 458 g/mol. The molecule has 1 atom stereocenters. The summed E-state index contributed by atoms with van der Waals surface area (Å²) in [5.41, 5.74) is 3.94. The molecule has 2 aliphatic rings. The Kier molecular flexibility index (Phi) is 6.03. The molecular formula is C23H25Cl2N5O. The summed E-state index contributed by atoms with van der Waals surface area (Å²) in [5.74, 6) is 0.204. The van der Waals surface area contributed by atoms with Crippen molar-refractivity contribution in [2.45, 2.75) is 31.7 Å². The highest BCUT2D eigenvalue weighted by atomic mass is 35.5. The summed E-state index contributed by atoms with van der Waals surface area (Å²) < 4.78 is 3.89. The number of nitrogens with zero attached hydrogens (tertiary/aromatic N) is 4. The second kappa shape index (κ2) is 9.07. The van der Waals surface area contributed by atoms with Gasteiger partial charge in [-0.05, 0) is 57.0 Å². The summed E-state index contributed by atoms with van der Waals surface area (Å²) in [6, 6.07) is 4.53. The minimum atomic E-state index is 0.204. The number of rotatable bonds is 6. The van der Waals surface area contributed by atoms with Crippen molar-refractivity contribution >= 4 is 34.2 Å². The van der Waals surface area contributed by atoms with Gasteiger partial charge < -0.3 is 10.2 Å². The van der Waals surface area contributed by atoms with Crippen molar-refractivity contribution in [3.8, 4) is 11.1 Å². The minimum absolute atomic E-state index is 0.204. The number of halogens is 2. The number of piperidine rings is 1. The molecule has 0 spiro atoms. The van der Waals surface area contributed by atoms with Crippen LogP contribution in [0.2, 0.25) is 0 Å². The SMILES string of the molecule is ClC1=C(Cl)C(CCOn2ccc3ncc(-c4cnn(C5CCNCC5)c4)cc32)CC=C1. The van der Waals surface area contributed by atoms with Gasteiger partial charge in [-0.1, -0.05) is 29.3 Å². The molecule has 0 aromatic carbocycles. The van der Waals surface area contributed by atoms with Gasteiger partial charge in [-0.3, -0.25) is 9.67 Å². The van der Waals surface area contributed by atoms with E-state index in [1.165, 1.54) is 0 Å². The lowest BCUT2D eigenvalue weighted by Crippen LogP contribution is -2.29. The van der Waals surface area contributed by atoms with Crippen LogP contribution in [0.3, 0.4) is 0 Å². The van der Waals surface area contributed by atoms with Crippen molar-refractivity contribution < 1.29 is 4.84 Å². The van der Waals surface area contributed by atoms with E-state index in [-0.39, 0.29) is 5.92 Å². The maximum absolute atomic E-state index is 6.35. The number of fused-ring (bicyclic) bond motifs is 1. The molecule has 1 N–H and O–H groups in total. The average Bonchev–Trinajstić information content (AvgIpc) is 3.45. The van der Waals surface area contributed by atoms with Crippen LogP contribution in [0.25, 0.3) is 22.2 Å². The number of pyridine rings is 1. The van der Waals surface area contributed by atoms with Gasteiger partial charge >= 0.3 is 0 Å². The van der Waals surface area contributed by atoms with E-state index >= 15 is 0 Å². The van der Waals surface area contributed by atoms with Gasteiger partial charge in [0.25, 0.3) is 0 Å². The predicted octanol–water partition coefficient (Wildman–Crippen LogP) is 4.91. The smallest absolute Gasteiger partial charge is 0.115 e. The molecule has 1 aliphatic carbocycles. The Bertz CT molecular complexity index is 1130. The lowest BCUT2D eigenvalue weighted by Gasteiger charge is -2.22. The molecule has 4 heterocycles. The fourth-order valence-corrected chi connectivity index (χ4v) is 4.77. The third kappa shape index (κ3) is 4.38. The van der Waals surface area contributed by atoms with Gasteiger partial charge in [0.2, 0.25) is 0 Å². The minimum Gasteiger partial charge on any atom is -0.414 e. The Morgan fingerprint density at radius 3 is 2.90 bits per heavy atom. The van der Waals surface area contributed by atoms with Crippen molar-refractivity contribution in [3.05, 3.63) is 59.1 Å². The molecule has 6 nitrogen and oxygen atoms in total. The molecule has 0 saturated carbocycles. The number of hydrogen-bond donors (Lipinski definition) is 1. The van der Waals surface area contributed by atoms with Crippen LogP contribution in [0.4, 0.5) is 0 Å². The largest absolute Gasteiger partial charge is 0.414 e. The lowest BCUT2D eigenvalue weighted by atomic mass is 9.97. The van der Waals surface area contributed by atoms with E-state index in [4.69, 9.17) is 28.0 Å². The molecule has 0 radical (unpaired) electrons. The summed E-state index contributed by atoms with van der Waals surface area (Å²) >= 11 is 12.5. The van der Waals surface area contributed by atoms with Gasteiger partial charge in [0.15, 0.2) is 0 Å². The third-order valence-corrected chi connectivity index (χ3v) is 7.03. The van der Waals surface area contributed by atoms with E-state index in [9.17, 15) is 0 Å². The second-order valence-electron chi connectivity index (χ2n) is 8.11. The summed E-state index contributed by atoms with van der Waals surface area (Å²) in [5, 5.41) is 9.36.